The van der Waals surface area contributed by atoms with Crippen LogP contribution in [0.1, 0.15) is 37.7 Å². The molecule has 0 bridgehead atoms. The molecule has 1 saturated heterocycles. The second-order valence-electron chi connectivity index (χ2n) is 7.80. The van der Waals surface area contributed by atoms with E-state index in [1.165, 1.54) is 24.1 Å². The van der Waals surface area contributed by atoms with Gasteiger partial charge < -0.3 is 19.9 Å². The van der Waals surface area contributed by atoms with E-state index in [0.717, 1.165) is 32.4 Å². The molecule has 146 valence electrons. The molecule has 6 nitrogen and oxygen atoms in total. The standard InChI is InChI=1S/C21H29N3O3/c25-20(10-12-23-11-9-16-5-1-4-8-18(16)23)24-13-14-27-19(15-24)21(26)22-17-6-2-3-7-17/h1,4-5,8,17,19H,2-3,6-7,9-15H2,(H,22,26)/t19-/m1/s1. The Morgan fingerprint density at radius 2 is 1.96 bits per heavy atom. The minimum Gasteiger partial charge on any atom is -0.370 e. The molecule has 2 fully saturated rings. The maximum absolute atomic E-state index is 12.7. The Hall–Kier alpha value is -2.08. The average molecular weight is 371 g/mol. The summed E-state index contributed by atoms with van der Waals surface area (Å²) >= 11 is 0. The smallest absolute Gasteiger partial charge is 0.251 e. The molecule has 1 atom stereocenters. The number of amides is 2. The van der Waals surface area contributed by atoms with Gasteiger partial charge in [0.2, 0.25) is 5.91 Å². The number of morpholine rings is 1. The van der Waals surface area contributed by atoms with Crippen LogP contribution in [0.3, 0.4) is 0 Å². The lowest BCUT2D eigenvalue weighted by Gasteiger charge is -2.33. The number of nitrogens with zero attached hydrogens (tertiary/aromatic N) is 2. The van der Waals surface area contributed by atoms with Crippen molar-refractivity contribution in [1.29, 1.82) is 0 Å². The molecule has 6 heteroatoms. The molecule has 2 amide bonds. The summed E-state index contributed by atoms with van der Waals surface area (Å²) in [7, 11) is 0. The average Bonchev–Trinajstić information content (AvgIpc) is 3.36. The van der Waals surface area contributed by atoms with Gasteiger partial charge >= 0.3 is 0 Å². The third-order valence-electron chi connectivity index (χ3n) is 5.99. The van der Waals surface area contributed by atoms with Crippen molar-refractivity contribution < 1.29 is 14.3 Å². The van der Waals surface area contributed by atoms with Crippen molar-refractivity contribution in [2.24, 2.45) is 0 Å². The highest BCUT2D eigenvalue weighted by molar-refractivity contribution is 5.83. The van der Waals surface area contributed by atoms with Gasteiger partial charge in [-0.15, -0.1) is 0 Å². The first kappa shape index (κ1) is 18.3. The summed E-state index contributed by atoms with van der Waals surface area (Å²) in [6, 6.07) is 8.69. The zero-order chi connectivity index (χ0) is 18.6. The van der Waals surface area contributed by atoms with Crippen molar-refractivity contribution >= 4 is 17.5 Å². The van der Waals surface area contributed by atoms with Crippen LogP contribution in [0.25, 0.3) is 0 Å². The maximum Gasteiger partial charge on any atom is 0.251 e. The molecule has 1 saturated carbocycles. The summed E-state index contributed by atoms with van der Waals surface area (Å²) in [5.41, 5.74) is 2.61. The van der Waals surface area contributed by atoms with Crippen molar-refractivity contribution in [2.45, 2.75) is 50.7 Å². The number of anilines is 1. The minimum atomic E-state index is -0.532. The molecule has 2 aliphatic heterocycles. The van der Waals surface area contributed by atoms with E-state index in [4.69, 9.17) is 4.74 Å². The third-order valence-corrected chi connectivity index (χ3v) is 5.99. The number of hydrogen-bond donors (Lipinski definition) is 1. The zero-order valence-electron chi connectivity index (χ0n) is 15.9. The number of ether oxygens (including phenoxy) is 1. The molecule has 4 rings (SSSR count). The fraction of sp³-hybridized carbons (Fsp3) is 0.619. The lowest BCUT2D eigenvalue weighted by molar-refractivity contribution is -0.147. The fourth-order valence-electron chi connectivity index (χ4n) is 4.43. The number of carbonyl (C=O) groups excluding carboxylic acids is 2. The Bertz CT molecular complexity index is 687. The Kier molecular flexibility index (Phi) is 5.62. The Morgan fingerprint density at radius 1 is 1.15 bits per heavy atom. The molecule has 2 heterocycles. The highest BCUT2D eigenvalue weighted by Gasteiger charge is 2.31. The number of benzene rings is 1. The fourth-order valence-corrected chi connectivity index (χ4v) is 4.43. The van der Waals surface area contributed by atoms with E-state index in [0.29, 0.717) is 26.1 Å². The van der Waals surface area contributed by atoms with Gasteiger partial charge in [0.25, 0.3) is 5.91 Å². The molecular weight excluding hydrogens is 342 g/mol. The van der Waals surface area contributed by atoms with Gasteiger partial charge in [0.15, 0.2) is 6.10 Å². The summed E-state index contributed by atoms with van der Waals surface area (Å²) in [6.07, 6.45) is 5.46. The Morgan fingerprint density at radius 3 is 2.81 bits per heavy atom. The van der Waals surface area contributed by atoms with E-state index < -0.39 is 6.10 Å². The van der Waals surface area contributed by atoms with Gasteiger partial charge in [0.1, 0.15) is 0 Å². The molecular formula is C21H29N3O3. The number of carbonyl (C=O) groups is 2. The summed E-state index contributed by atoms with van der Waals surface area (Å²) in [5, 5.41) is 3.09. The van der Waals surface area contributed by atoms with E-state index >= 15 is 0 Å². The van der Waals surface area contributed by atoms with Crippen molar-refractivity contribution in [3.05, 3.63) is 29.8 Å². The first-order valence-electron chi connectivity index (χ1n) is 10.2. The highest BCUT2D eigenvalue weighted by Crippen LogP contribution is 2.27. The van der Waals surface area contributed by atoms with Crippen LogP contribution in [0, 0.1) is 0 Å². The number of para-hydroxylation sites is 1. The number of rotatable bonds is 5. The molecule has 1 N–H and O–H groups in total. The first-order valence-corrected chi connectivity index (χ1v) is 10.2. The van der Waals surface area contributed by atoms with Crippen LogP contribution in [0.4, 0.5) is 5.69 Å². The predicted molar refractivity (Wildman–Crippen MR) is 104 cm³/mol. The molecule has 3 aliphatic rings. The minimum absolute atomic E-state index is 0.0622. The van der Waals surface area contributed by atoms with Gasteiger partial charge in [-0.2, -0.15) is 0 Å². The van der Waals surface area contributed by atoms with Gasteiger partial charge in [-0.05, 0) is 30.9 Å². The highest BCUT2D eigenvalue weighted by atomic mass is 16.5. The van der Waals surface area contributed by atoms with Crippen LogP contribution in [0.5, 0.6) is 0 Å². The van der Waals surface area contributed by atoms with E-state index in [1.807, 2.05) is 0 Å². The molecule has 0 radical (unpaired) electrons. The normalized spacial score (nSPS) is 22.7. The lowest BCUT2D eigenvalue weighted by Crippen LogP contribution is -2.53. The van der Waals surface area contributed by atoms with Crippen LogP contribution < -0.4 is 10.2 Å². The van der Waals surface area contributed by atoms with Crippen LogP contribution >= 0.6 is 0 Å². The van der Waals surface area contributed by atoms with Gasteiger partial charge in [0, 0.05) is 37.8 Å². The predicted octanol–water partition coefficient (Wildman–Crippen LogP) is 1.73. The second kappa shape index (κ2) is 8.30. The van der Waals surface area contributed by atoms with Crippen molar-refractivity contribution in [1.82, 2.24) is 10.2 Å². The van der Waals surface area contributed by atoms with E-state index in [9.17, 15) is 9.59 Å². The molecule has 27 heavy (non-hydrogen) atoms. The van der Waals surface area contributed by atoms with Gasteiger partial charge in [-0.25, -0.2) is 0 Å². The summed E-state index contributed by atoms with van der Waals surface area (Å²) in [6.45, 7) is 3.08. The second-order valence-corrected chi connectivity index (χ2v) is 7.80. The lowest BCUT2D eigenvalue weighted by atomic mass is 10.2. The molecule has 1 aliphatic carbocycles. The van der Waals surface area contributed by atoms with Crippen molar-refractivity contribution in [3.63, 3.8) is 0 Å². The molecule has 0 aromatic heterocycles. The van der Waals surface area contributed by atoms with Crippen molar-refractivity contribution in [3.8, 4) is 0 Å². The third kappa shape index (κ3) is 4.26. The van der Waals surface area contributed by atoms with Crippen LogP contribution in [-0.4, -0.2) is 61.6 Å². The van der Waals surface area contributed by atoms with Gasteiger partial charge in [0.05, 0.1) is 13.2 Å². The van der Waals surface area contributed by atoms with E-state index in [2.05, 4.69) is 34.5 Å². The molecule has 1 aromatic carbocycles. The van der Waals surface area contributed by atoms with E-state index in [-0.39, 0.29) is 17.9 Å². The molecule has 0 unspecified atom stereocenters. The number of nitrogens with one attached hydrogen (secondary N) is 1. The Balaban J connectivity index is 1.27. The van der Waals surface area contributed by atoms with Crippen molar-refractivity contribution in [2.75, 3.05) is 37.7 Å². The summed E-state index contributed by atoms with van der Waals surface area (Å²) in [5.74, 6) is 0.0502. The van der Waals surface area contributed by atoms with Gasteiger partial charge in [-0.3, -0.25) is 9.59 Å². The quantitative estimate of drug-likeness (QED) is 0.856. The molecule has 1 aromatic rings. The Labute approximate surface area is 160 Å². The first-order chi connectivity index (χ1) is 13.2. The van der Waals surface area contributed by atoms with Gasteiger partial charge in [-0.1, -0.05) is 31.0 Å². The van der Waals surface area contributed by atoms with E-state index in [1.54, 1.807) is 4.90 Å². The van der Waals surface area contributed by atoms with Crippen LogP contribution in [-0.2, 0) is 20.7 Å². The summed E-state index contributed by atoms with van der Waals surface area (Å²) < 4.78 is 5.64. The zero-order valence-corrected chi connectivity index (χ0v) is 15.9. The maximum atomic E-state index is 12.7. The topological polar surface area (TPSA) is 61.9 Å². The monoisotopic (exact) mass is 371 g/mol. The number of hydrogen-bond acceptors (Lipinski definition) is 4. The van der Waals surface area contributed by atoms with Crippen LogP contribution in [0.2, 0.25) is 0 Å². The van der Waals surface area contributed by atoms with Crippen LogP contribution in [0.15, 0.2) is 24.3 Å². The largest absolute Gasteiger partial charge is 0.370 e. The summed E-state index contributed by atoms with van der Waals surface area (Å²) in [4.78, 5) is 29.2. The SMILES string of the molecule is O=C(NC1CCCC1)[C@H]1CN(C(=O)CCN2CCc3ccccc32)CCO1. The number of fused-ring (bicyclic) bond motifs is 1. The molecule has 0 spiro atoms.